The number of aromatic nitrogens is 2. The molecule has 0 saturated heterocycles. The molecule has 7 heteroatoms. The van der Waals surface area contributed by atoms with Gasteiger partial charge in [-0.3, -0.25) is 14.5 Å². The van der Waals surface area contributed by atoms with E-state index in [2.05, 4.69) is 9.97 Å². The van der Waals surface area contributed by atoms with Crippen LogP contribution in [0.4, 0.5) is 5.82 Å². The molecule has 0 fully saturated rings. The van der Waals surface area contributed by atoms with Gasteiger partial charge in [-0.25, -0.2) is 4.98 Å². The molecule has 0 N–H and O–H groups in total. The molecule has 1 aliphatic rings. The Kier molecular flexibility index (Phi) is 5.46. The lowest BCUT2D eigenvalue weighted by Gasteiger charge is -2.24. The number of methoxy groups -OCH3 is 1. The van der Waals surface area contributed by atoms with E-state index in [4.69, 9.17) is 9.47 Å². The molecule has 0 aliphatic carbocycles. The standard InChI is InChI=1S/C23H23N3O4/c1-14(2)12-16(27)13-30-23-18-7-5-4-6-17(18)22(28)26(23)19-10-8-15-9-11-20(29-3)25-21(15)24-19/h4-11,14,23H,12-13H2,1-3H3. The van der Waals surface area contributed by atoms with Crippen molar-refractivity contribution in [2.24, 2.45) is 5.92 Å². The number of pyridine rings is 2. The average molecular weight is 405 g/mol. The van der Waals surface area contributed by atoms with Gasteiger partial charge in [-0.2, -0.15) is 4.98 Å². The molecule has 30 heavy (non-hydrogen) atoms. The Bertz CT molecular complexity index is 1110. The first-order valence-corrected chi connectivity index (χ1v) is 9.85. The molecule has 1 aromatic carbocycles. The summed E-state index contributed by atoms with van der Waals surface area (Å²) in [4.78, 5) is 35.8. The minimum atomic E-state index is -0.722. The second kappa shape index (κ2) is 8.20. The number of benzene rings is 1. The van der Waals surface area contributed by atoms with Crippen molar-refractivity contribution in [3.8, 4) is 5.88 Å². The number of hydrogen-bond acceptors (Lipinski definition) is 6. The molecule has 154 valence electrons. The maximum absolute atomic E-state index is 13.2. The first kappa shape index (κ1) is 20.0. The summed E-state index contributed by atoms with van der Waals surface area (Å²) in [6.07, 6.45) is -0.291. The molecule has 1 atom stereocenters. The van der Waals surface area contributed by atoms with Gasteiger partial charge in [-0.1, -0.05) is 32.0 Å². The lowest BCUT2D eigenvalue weighted by Crippen LogP contribution is -2.31. The van der Waals surface area contributed by atoms with Gasteiger partial charge in [-0.05, 0) is 30.2 Å². The van der Waals surface area contributed by atoms with E-state index in [1.54, 1.807) is 24.3 Å². The van der Waals surface area contributed by atoms with E-state index < -0.39 is 6.23 Å². The summed E-state index contributed by atoms with van der Waals surface area (Å²) >= 11 is 0. The van der Waals surface area contributed by atoms with Crippen LogP contribution < -0.4 is 9.64 Å². The Morgan fingerprint density at radius 2 is 1.87 bits per heavy atom. The molecular formula is C23H23N3O4. The van der Waals surface area contributed by atoms with Crippen molar-refractivity contribution in [2.75, 3.05) is 18.6 Å². The van der Waals surface area contributed by atoms with E-state index in [9.17, 15) is 9.59 Å². The molecule has 3 heterocycles. The SMILES string of the molecule is COc1ccc2ccc(N3C(=O)c4ccccc4C3OCC(=O)CC(C)C)nc2n1. The van der Waals surface area contributed by atoms with Crippen LogP contribution in [0.15, 0.2) is 48.5 Å². The summed E-state index contributed by atoms with van der Waals surface area (Å²) in [7, 11) is 1.54. The summed E-state index contributed by atoms with van der Waals surface area (Å²) in [6, 6.07) is 14.5. The Labute approximate surface area is 174 Å². The zero-order valence-electron chi connectivity index (χ0n) is 17.2. The normalized spacial score (nSPS) is 15.7. The number of carbonyl (C=O) groups is 2. The number of ketones is 1. The molecule has 7 nitrogen and oxygen atoms in total. The van der Waals surface area contributed by atoms with Gasteiger partial charge in [-0.15, -0.1) is 0 Å². The highest BCUT2D eigenvalue weighted by Crippen LogP contribution is 2.38. The van der Waals surface area contributed by atoms with Gasteiger partial charge < -0.3 is 9.47 Å². The second-order valence-electron chi connectivity index (χ2n) is 7.63. The molecule has 1 unspecified atom stereocenters. The van der Waals surface area contributed by atoms with Crippen molar-refractivity contribution >= 4 is 28.5 Å². The molecular weight excluding hydrogens is 382 g/mol. The number of Topliss-reactive ketones (excluding diaryl/α,β-unsaturated/α-hetero) is 1. The van der Waals surface area contributed by atoms with Crippen molar-refractivity contribution in [1.29, 1.82) is 0 Å². The maximum Gasteiger partial charge on any atom is 0.262 e. The first-order chi connectivity index (χ1) is 14.5. The molecule has 3 aromatic rings. The predicted octanol–water partition coefficient (Wildman–Crippen LogP) is 3.93. The highest BCUT2D eigenvalue weighted by Gasteiger charge is 2.39. The third kappa shape index (κ3) is 3.76. The lowest BCUT2D eigenvalue weighted by atomic mass is 10.1. The third-order valence-corrected chi connectivity index (χ3v) is 4.92. The monoisotopic (exact) mass is 405 g/mol. The van der Waals surface area contributed by atoms with E-state index in [1.165, 1.54) is 12.0 Å². The molecule has 0 bridgehead atoms. The Morgan fingerprint density at radius 1 is 1.10 bits per heavy atom. The summed E-state index contributed by atoms with van der Waals surface area (Å²) in [5.41, 5.74) is 1.73. The molecule has 1 amide bonds. The van der Waals surface area contributed by atoms with E-state index in [1.807, 2.05) is 38.1 Å². The van der Waals surface area contributed by atoms with E-state index in [0.717, 1.165) is 10.9 Å². The third-order valence-electron chi connectivity index (χ3n) is 4.92. The van der Waals surface area contributed by atoms with E-state index in [-0.39, 0.29) is 24.2 Å². The predicted molar refractivity (Wildman–Crippen MR) is 112 cm³/mol. The zero-order valence-corrected chi connectivity index (χ0v) is 17.2. The van der Waals surface area contributed by atoms with Crippen LogP contribution >= 0.6 is 0 Å². The van der Waals surface area contributed by atoms with Crippen LogP contribution in [0.2, 0.25) is 0 Å². The van der Waals surface area contributed by atoms with Crippen molar-refractivity contribution < 1.29 is 19.1 Å². The largest absolute Gasteiger partial charge is 0.481 e. The van der Waals surface area contributed by atoms with Crippen molar-refractivity contribution in [3.63, 3.8) is 0 Å². The first-order valence-electron chi connectivity index (χ1n) is 9.85. The highest BCUT2D eigenvalue weighted by atomic mass is 16.5. The van der Waals surface area contributed by atoms with E-state index >= 15 is 0 Å². The van der Waals surface area contributed by atoms with Crippen LogP contribution in [-0.4, -0.2) is 35.4 Å². The van der Waals surface area contributed by atoms with Crippen LogP contribution in [0.3, 0.4) is 0 Å². The van der Waals surface area contributed by atoms with Crippen LogP contribution in [0.1, 0.15) is 42.4 Å². The van der Waals surface area contributed by atoms with Crippen LogP contribution in [0.5, 0.6) is 5.88 Å². The topological polar surface area (TPSA) is 81.6 Å². The number of fused-ring (bicyclic) bond motifs is 2. The molecule has 0 spiro atoms. The van der Waals surface area contributed by atoms with Gasteiger partial charge >= 0.3 is 0 Å². The number of ether oxygens (including phenoxy) is 2. The van der Waals surface area contributed by atoms with Gasteiger partial charge in [0, 0.05) is 29.0 Å². The number of rotatable bonds is 7. The number of anilines is 1. The minimum absolute atomic E-state index is 0.000321. The molecule has 1 aliphatic heterocycles. The number of carbonyl (C=O) groups excluding carboxylic acids is 2. The average Bonchev–Trinajstić information content (AvgIpc) is 3.03. The van der Waals surface area contributed by atoms with Gasteiger partial charge in [0.05, 0.1) is 7.11 Å². The summed E-state index contributed by atoms with van der Waals surface area (Å²) in [6.45, 7) is 3.90. The van der Waals surface area contributed by atoms with E-state index in [0.29, 0.717) is 29.3 Å². The fourth-order valence-corrected chi connectivity index (χ4v) is 3.58. The maximum atomic E-state index is 13.2. The molecule has 2 aromatic heterocycles. The van der Waals surface area contributed by atoms with Crippen molar-refractivity contribution in [1.82, 2.24) is 9.97 Å². The van der Waals surface area contributed by atoms with Gasteiger partial charge in [0.25, 0.3) is 5.91 Å². The molecule has 0 saturated carbocycles. The Hall–Kier alpha value is -3.32. The fraction of sp³-hybridized carbons (Fsp3) is 0.304. The summed E-state index contributed by atoms with van der Waals surface area (Å²) in [5, 5.41) is 0.827. The summed E-state index contributed by atoms with van der Waals surface area (Å²) in [5.74, 6) is 0.875. The lowest BCUT2D eigenvalue weighted by molar-refractivity contribution is -0.126. The fourth-order valence-electron chi connectivity index (χ4n) is 3.58. The van der Waals surface area contributed by atoms with Crippen LogP contribution in [0.25, 0.3) is 11.0 Å². The smallest absolute Gasteiger partial charge is 0.262 e. The van der Waals surface area contributed by atoms with Gasteiger partial charge in [0.2, 0.25) is 5.88 Å². The zero-order chi connectivity index (χ0) is 21.3. The molecule has 4 rings (SSSR count). The van der Waals surface area contributed by atoms with Crippen molar-refractivity contribution in [3.05, 3.63) is 59.7 Å². The number of amides is 1. The highest BCUT2D eigenvalue weighted by molar-refractivity contribution is 6.10. The van der Waals surface area contributed by atoms with Gasteiger partial charge in [0.1, 0.15) is 12.4 Å². The number of nitrogens with zero attached hydrogens (tertiary/aromatic N) is 3. The van der Waals surface area contributed by atoms with Crippen LogP contribution in [0, 0.1) is 5.92 Å². The van der Waals surface area contributed by atoms with Gasteiger partial charge in [0.15, 0.2) is 17.7 Å². The molecule has 0 radical (unpaired) electrons. The second-order valence-corrected chi connectivity index (χ2v) is 7.63. The van der Waals surface area contributed by atoms with Crippen LogP contribution in [-0.2, 0) is 9.53 Å². The Morgan fingerprint density at radius 3 is 2.63 bits per heavy atom. The summed E-state index contributed by atoms with van der Waals surface area (Å²) < 4.78 is 11.1. The number of hydrogen-bond donors (Lipinski definition) is 0. The minimum Gasteiger partial charge on any atom is -0.481 e. The van der Waals surface area contributed by atoms with Crippen molar-refractivity contribution in [2.45, 2.75) is 26.5 Å². The quantitative estimate of drug-likeness (QED) is 0.592. The Balaban J connectivity index is 1.70.